The molecule has 0 aliphatic rings. The van der Waals surface area contributed by atoms with Gasteiger partial charge in [-0.15, -0.1) is 0 Å². The Morgan fingerprint density at radius 1 is 1.18 bits per heavy atom. The lowest BCUT2D eigenvalue weighted by Gasteiger charge is -2.11. The lowest BCUT2D eigenvalue weighted by Crippen LogP contribution is -2.31. The first-order valence-electron chi connectivity index (χ1n) is 6.75. The monoisotopic (exact) mass is 335 g/mol. The van der Waals surface area contributed by atoms with E-state index in [1.807, 2.05) is 20.8 Å². The Balaban J connectivity index is 0.000000626. The zero-order valence-electron chi connectivity index (χ0n) is 13.7. The topological polar surface area (TPSA) is 63.2 Å². The van der Waals surface area contributed by atoms with Crippen LogP contribution in [0.2, 0.25) is 0 Å². The van der Waals surface area contributed by atoms with Gasteiger partial charge in [-0.05, 0) is 32.9 Å². The molecule has 0 saturated carbocycles. The van der Waals surface area contributed by atoms with Gasteiger partial charge in [0.25, 0.3) is 0 Å². The van der Waals surface area contributed by atoms with E-state index in [4.69, 9.17) is 0 Å². The van der Waals surface area contributed by atoms with Gasteiger partial charge >= 0.3 is 0 Å². The van der Waals surface area contributed by atoms with Crippen LogP contribution in [0.15, 0.2) is 17.0 Å². The van der Waals surface area contributed by atoms with Crippen molar-refractivity contribution in [2.45, 2.75) is 52.5 Å². The summed E-state index contributed by atoms with van der Waals surface area (Å²) in [6.45, 7) is 10.1. The first kappa shape index (κ1) is 20.7. The molecule has 22 heavy (non-hydrogen) atoms. The van der Waals surface area contributed by atoms with E-state index in [0.29, 0.717) is 0 Å². The van der Waals surface area contributed by atoms with Gasteiger partial charge in [-0.25, -0.2) is 21.9 Å². The van der Waals surface area contributed by atoms with E-state index in [0.717, 1.165) is 18.4 Å². The Morgan fingerprint density at radius 3 is 2.00 bits per heavy atom. The highest BCUT2D eigenvalue weighted by Crippen LogP contribution is 2.20. The van der Waals surface area contributed by atoms with E-state index in [-0.39, 0.29) is 17.0 Å². The van der Waals surface area contributed by atoms with E-state index in [1.54, 1.807) is 13.8 Å². The van der Waals surface area contributed by atoms with Crippen molar-refractivity contribution >= 4 is 16.3 Å². The smallest absolute Gasteiger partial charge is 0.243 e. The molecule has 0 amide bonds. The molecule has 4 nitrogen and oxygen atoms in total. The molecule has 0 radical (unpaired) electrons. The molecule has 1 N–H and O–H groups in total. The molecule has 1 aromatic rings. The van der Waals surface area contributed by atoms with Crippen LogP contribution in [0.25, 0.3) is 0 Å². The average molecular weight is 335 g/mol. The summed E-state index contributed by atoms with van der Waals surface area (Å²) in [7, 11) is -3.92. The predicted molar refractivity (Wildman–Crippen MR) is 82.1 cm³/mol. The Bertz CT molecular complexity index is 620. The lowest BCUT2D eigenvalue weighted by atomic mass is 10.0. The van der Waals surface area contributed by atoms with Crippen molar-refractivity contribution in [1.82, 2.24) is 4.72 Å². The summed E-state index contributed by atoms with van der Waals surface area (Å²) in [6, 6.07) is 1.50. The maximum Gasteiger partial charge on any atom is 0.243 e. The molecule has 0 atom stereocenters. The van der Waals surface area contributed by atoms with Crippen LogP contribution in [0.4, 0.5) is 8.78 Å². The van der Waals surface area contributed by atoms with Crippen molar-refractivity contribution in [3.63, 3.8) is 0 Å². The first-order valence-corrected chi connectivity index (χ1v) is 8.23. The second kappa shape index (κ2) is 7.78. The quantitative estimate of drug-likeness (QED) is 0.863. The molecular weight excluding hydrogens is 312 g/mol. The fraction of sp³-hybridized carbons (Fsp3) is 0.533. The number of nitrogens with one attached hydrogen (secondary N) is 1. The average Bonchev–Trinajstić information content (AvgIpc) is 2.34. The summed E-state index contributed by atoms with van der Waals surface area (Å²) in [4.78, 5) is 9.30. The molecule has 1 rings (SSSR count). The largest absolute Gasteiger partial charge is 0.303 e. The number of hydrogen-bond acceptors (Lipinski definition) is 3. The molecule has 0 bridgehead atoms. The zero-order valence-corrected chi connectivity index (χ0v) is 14.5. The van der Waals surface area contributed by atoms with Crippen LogP contribution in [0.5, 0.6) is 0 Å². The van der Waals surface area contributed by atoms with Crippen LogP contribution in [-0.2, 0) is 14.8 Å². The molecule has 7 heteroatoms. The highest BCUT2D eigenvalue weighted by Gasteiger charge is 2.22. The van der Waals surface area contributed by atoms with Crippen LogP contribution < -0.4 is 4.72 Å². The number of halogens is 2. The van der Waals surface area contributed by atoms with Crippen molar-refractivity contribution in [2.24, 2.45) is 5.41 Å². The molecule has 0 heterocycles. The first-order chi connectivity index (χ1) is 9.81. The minimum atomic E-state index is -3.92. The fourth-order valence-corrected chi connectivity index (χ4v) is 2.60. The third kappa shape index (κ3) is 6.62. The normalized spacial score (nSPS) is 11.9. The van der Waals surface area contributed by atoms with Gasteiger partial charge in [0.2, 0.25) is 10.0 Å². The van der Waals surface area contributed by atoms with Gasteiger partial charge in [0.1, 0.15) is 22.8 Å². The summed E-state index contributed by atoms with van der Waals surface area (Å²) in [5.74, 6) is -1.81. The molecular formula is C15H23F2NO3S. The van der Waals surface area contributed by atoms with Gasteiger partial charge in [-0.2, -0.15) is 0 Å². The number of carbonyl (C=O) groups excluding carboxylic acids is 1. The van der Waals surface area contributed by atoms with E-state index in [2.05, 4.69) is 4.72 Å². The van der Waals surface area contributed by atoms with E-state index in [9.17, 15) is 22.0 Å². The van der Waals surface area contributed by atoms with Crippen LogP contribution in [0.3, 0.4) is 0 Å². The van der Waals surface area contributed by atoms with Crippen LogP contribution in [0.1, 0.15) is 40.2 Å². The Labute approximate surface area is 131 Å². The number of carbonyl (C=O) groups is 1. The maximum absolute atomic E-state index is 13.5. The van der Waals surface area contributed by atoms with E-state index in [1.165, 1.54) is 6.92 Å². The summed E-state index contributed by atoms with van der Waals surface area (Å²) in [6.07, 6.45) is 0.938. The standard InChI is InChI=1S/C10H13F2NO2S.C5H10O/c1-6(2)13-16(14,15)9-5-4-8(11)7(3)10(9)12;1-5(2,3)4-6/h4-6,13H,1-3H3;4H,1-3H3. The van der Waals surface area contributed by atoms with Crippen molar-refractivity contribution in [3.05, 3.63) is 29.3 Å². The Morgan fingerprint density at radius 2 is 1.64 bits per heavy atom. The number of benzene rings is 1. The zero-order chi connectivity index (χ0) is 17.7. The minimum absolute atomic E-state index is 0.139. The molecule has 0 spiro atoms. The summed E-state index contributed by atoms with van der Waals surface area (Å²) in [5.41, 5.74) is -0.438. The second-order valence-electron chi connectivity index (χ2n) is 6.24. The maximum atomic E-state index is 13.5. The molecule has 0 aliphatic carbocycles. The van der Waals surface area contributed by atoms with Crippen LogP contribution in [0, 0.1) is 24.0 Å². The minimum Gasteiger partial charge on any atom is -0.303 e. The van der Waals surface area contributed by atoms with Gasteiger partial charge in [-0.3, -0.25) is 0 Å². The van der Waals surface area contributed by atoms with Gasteiger partial charge in [-0.1, -0.05) is 20.8 Å². The Kier molecular flexibility index (Phi) is 7.31. The van der Waals surface area contributed by atoms with Crippen molar-refractivity contribution < 1.29 is 22.0 Å². The second-order valence-corrected chi connectivity index (χ2v) is 7.93. The van der Waals surface area contributed by atoms with Gasteiger partial charge in [0, 0.05) is 17.0 Å². The fourth-order valence-electron chi connectivity index (χ4n) is 1.22. The summed E-state index contributed by atoms with van der Waals surface area (Å²) < 4.78 is 52.0. The van der Waals surface area contributed by atoms with Crippen molar-refractivity contribution in [3.8, 4) is 0 Å². The highest BCUT2D eigenvalue weighted by atomic mass is 32.2. The van der Waals surface area contributed by atoms with E-state index < -0.39 is 26.6 Å². The number of sulfonamides is 1. The van der Waals surface area contributed by atoms with Gasteiger partial charge < -0.3 is 4.79 Å². The van der Waals surface area contributed by atoms with Crippen molar-refractivity contribution in [1.29, 1.82) is 0 Å². The molecule has 126 valence electrons. The number of rotatable bonds is 3. The molecule has 0 fully saturated rings. The number of hydrogen-bond donors (Lipinski definition) is 1. The molecule has 0 unspecified atom stereocenters. The number of aldehydes is 1. The predicted octanol–water partition coefficient (Wildman–Crippen LogP) is 3.19. The third-order valence-electron chi connectivity index (χ3n) is 2.32. The Hall–Kier alpha value is -1.34. The molecule has 1 aromatic carbocycles. The lowest BCUT2D eigenvalue weighted by molar-refractivity contribution is -0.113. The SMILES string of the molecule is CC(C)(C)C=O.Cc1c(F)ccc(S(=O)(=O)NC(C)C)c1F. The van der Waals surface area contributed by atoms with Crippen LogP contribution >= 0.6 is 0 Å². The van der Waals surface area contributed by atoms with Crippen LogP contribution in [-0.4, -0.2) is 20.7 Å². The van der Waals surface area contributed by atoms with Crippen molar-refractivity contribution in [2.75, 3.05) is 0 Å². The molecule has 0 aliphatic heterocycles. The van der Waals surface area contributed by atoms with Gasteiger partial charge in [0.15, 0.2) is 0 Å². The molecule has 0 aromatic heterocycles. The van der Waals surface area contributed by atoms with E-state index >= 15 is 0 Å². The summed E-state index contributed by atoms with van der Waals surface area (Å²) >= 11 is 0. The highest BCUT2D eigenvalue weighted by molar-refractivity contribution is 7.89. The summed E-state index contributed by atoms with van der Waals surface area (Å²) in [5, 5.41) is 0. The van der Waals surface area contributed by atoms with Gasteiger partial charge in [0.05, 0.1) is 0 Å². The third-order valence-corrected chi connectivity index (χ3v) is 3.99. The molecule has 0 saturated heterocycles.